The summed E-state index contributed by atoms with van der Waals surface area (Å²) < 4.78 is 32.4. The van der Waals surface area contributed by atoms with Gasteiger partial charge in [0.2, 0.25) is 0 Å². The minimum atomic E-state index is -0.489. The molecular weight excluding hydrogens is 236 g/mol. The molecule has 0 saturated carbocycles. The molecule has 0 radical (unpaired) electrons. The van der Waals surface area contributed by atoms with Gasteiger partial charge in [0.1, 0.15) is 11.6 Å². The highest BCUT2D eigenvalue weighted by atomic mass is 19.1. The molecular formula is C14H19F2NO. The van der Waals surface area contributed by atoms with Crippen LogP contribution in [-0.2, 0) is 11.3 Å². The van der Waals surface area contributed by atoms with Crippen LogP contribution in [0.3, 0.4) is 0 Å². The number of nitrogens with one attached hydrogen (secondary N) is 1. The Morgan fingerprint density at radius 3 is 2.72 bits per heavy atom. The van der Waals surface area contributed by atoms with Crippen molar-refractivity contribution in [1.82, 2.24) is 5.32 Å². The van der Waals surface area contributed by atoms with E-state index in [4.69, 9.17) is 4.74 Å². The molecule has 18 heavy (non-hydrogen) atoms. The first-order valence-corrected chi connectivity index (χ1v) is 6.47. The Morgan fingerprint density at radius 2 is 2.06 bits per heavy atom. The van der Waals surface area contributed by atoms with E-state index in [-0.39, 0.29) is 18.2 Å². The van der Waals surface area contributed by atoms with Gasteiger partial charge in [0, 0.05) is 25.3 Å². The van der Waals surface area contributed by atoms with Crippen molar-refractivity contribution in [2.45, 2.75) is 32.4 Å². The summed E-state index contributed by atoms with van der Waals surface area (Å²) in [6.07, 6.45) is 2.29. The average molecular weight is 255 g/mol. The van der Waals surface area contributed by atoms with E-state index in [1.165, 1.54) is 18.2 Å². The Hall–Kier alpha value is -1.00. The van der Waals surface area contributed by atoms with Crippen molar-refractivity contribution in [3.63, 3.8) is 0 Å². The molecule has 2 atom stereocenters. The molecule has 0 spiro atoms. The number of hydrogen-bond donors (Lipinski definition) is 1. The van der Waals surface area contributed by atoms with E-state index >= 15 is 0 Å². The zero-order chi connectivity index (χ0) is 13.0. The summed E-state index contributed by atoms with van der Waals surface area (Å²) in [5.74, 6) is -0.528. The van der Waals surface area contributed by atoms with E-state index in [0.717, 1.165) is 26.0 Å². The van der Waals surface area contributed by atoms with Crippen molar-refractivity contribution in [3.05, 3.63) is 35.4 Å². The maximum absolute atomic E-state index is 13.4. The first-order valence-electron chi connectivity index (χ1n) is 6.47. The van der Waals surface area contributed by atoms with Crippen LogP contribution >= 0.6 is 0 Å². The molecule has 4 heteroatoms. The van der Waals surface area contributed by atoms with Crippen LogP contribution in [-0.4, -0.2) is 19.3 Å². The molecule has 1 aromatic carbocycles. The molecule has 2 unspecified atom stereocenters. The minimum absolute atomic E-state index is 0.115. The van der Waals surface area contributed by atoms with Gasteiger partial charge in [-0.05, 0) is 30.9 Å². The van der Waals surface area contributed by atoms with Crippen molar-refractivity contribution in [2.75, 3.05) is 13.2 Å². The summed E-state index contributed by atoms with van der Waals surface area (Å²) in [5.41, 5.74) is 0.115. The molecule has 1 aromatic rings. The summed E-state index contributed by atoms with van der Waals surface area (Å²) in [7, 11) is 0. The second-order valence-electron chi connectivity index (χ2n) is 4.70. The van der Waals surface area contributed by atoms with Gasteiger partial charge in [-0.1, -0.05) is 13.0 Å². The fraction of sp³-hybridized carbons (Fsp3) is 0.571. The van der Waals surface area contributed by atoms with E-state index in [2.05, 4.69) is 12.2 Å². The second kappa shape index (κ2) is 6.25. The van der Waals surface area contributed by atoms with Gasteiger partial charge in [-0.15, -0.1) is 0 Å². The van der Waals surface area contributed by atoms with E-state index in [0.29, 0.717) is 5.92 Å². The zero-order valence-electron chi connectivity index (χ0n) is 10.6. The largest absolute Gasteiger partial charge is 0.378 e. The molecule has 2 rings (SSSR count). The Kier molecular flexibility index (Phi) is 4.66. The van der Waals surface area contributed by atoms with Gasteiger partial charge in [0.25, 0.3) is 0 Å². The molecule has 1 heterocycles. The quantitative estimate of drug-likeness (QED) is 0.873. The second-order valence-corrected chi connectivity index (χ2v) is 4.70. The average Bonchev–Trinajstić information content (AvgIpc) is 2.80. The van der Waals surface area contributed by atoms with Crippen molar-refractivity contribution in [3.8, 4) is 0 Å². The normalized spacial score (nSPS) is 23.5. The molecule has 1 saturated heterocycles. The third-order valence-electron chi connectivity index (χ3n) is 3.52. The van der Waals surface area contributed by atoms with E-state index in [9.17, 15) is 8.78 Å². The summed E-state index contributed by atoms with van der Waals surface area (Å²) in [6, 6.07) is 3.95. The summed E-state index contributed by atoms with van der Waals surface area (Å²) in [4.78, 5) is 0. The highest BCUT2D eigenvalue weighted by Crippen LogP contribution is 2.22. The molecule has 1 fully saturated rings. The molecule has 0 bridgehead atoms. The van der Waals surface area contributed by atoms with Crippen molar-refractivity contribution >= 4 is 0 Å². The van der Waals surface area contributed by atoms with Crippen LogP contribution in [0, 0.1) is 17.6 Å². The molecule has 1 aliphatic rings. The first-order chi connectivity index (χ1) is 8.72. The number of halogens is 2. The first kappa shape index (κ1) is 13.4. The summed E-state index contributed by atoms with van der Waals surface area (Å²) in [5, 5.41) is 3.13. The molecule has 2 nitrogen and oxygen atoms in total. The zero-order valence-corrected chi connectivity index (χ0v) is 10.6. The number of rotatable bonds is 5. The number of benzene rings is 1. The minimum Gasteiger partial charge on any atom is -0.378 e. The lowest BCUT2D eigenvalue weighted by atomic mass is 9.99. The van der Waals surface area contributed by atoms with Crippen molar-refractivity contribution in [1.29, 1.82) is 0 Å². The lowest BCUT2D eigenvalue weighted by Crippen LogP contribution is -2.28. The highest BCUT2D eigenvalue weighted by molar-refractivity contribution is 5.19. The van der Waals surface area contributed by atoms with E-state index < -0.39 is 11.6 Å². The maximum atomic E-state index is 13.4. The van der Waals surface area contributed by atoms with E-state index in [1.54, 1.807) is 0 Å². The van der Waals surface area contributed by atoms with Gasteiger partial charge in [-0.25, -0.2) is 8.78 Å². The Balaban J connectivity index is 1.85. The van der Waals surface area contributed by atoms with Gasteiger partial charge in [0.15, 0.2) is 0 Å². The van der Waals surface area contributed by atoms with Crippen LogP contribution in [0.5, 0.6) is 0 Å². The van der Waals surface area contributed by atoms with Crippen molar-refractivity contribution < 1.29 is 13.5 Å². The number of hydrogen-bond acceptors (Lipinski definition) is 2. The summed E-state index contributed by atoms with van der Waals surface area (Å²) in [6.45, 7) is 3.86. The fourth-order valence-electron chi connectivity index (χ4n) is 2.46. The molecule has 0 amide bonds. The standard InChI is InChI=1S/C14H19F2NO/c1-2-14-10(6-7-18-14)8-17-9-11-12(15)4-3-5-13(11)16/h3-5,10,14,17H,2,6-9H2,1H3. The molecule has 0 aliphatic carbocycles. The third kappa shape index (κ3) is 3.06. The molecule has 0 aromatic heterocycles. The SMILES string of the molecule is CCC1OCCC1CNCc1c(F)cccc1F. The van der Waals surface area contributed by atoms with Gasteiger partial charge < -0.3 is 10.1 Å². The van der Waals surface area contributed by atoms with Crippen LogP contribution in [0.4, 0.5) is 8.78 Å². The smallest absolute Gasteiger partial charge is 0.130 e. The topological polar surface area (TPSA) is 21.3 Å². The van der Waals surface area contributed by atoms with Crippen LogP contribution in [0.1, 0.15) is 25.3 Å². The Morgan fingerprint density at radius 1 is 1.33 bits per heavy atom. The van der Waals surface area contributed by atoms with Crippen LogP contribution in [0.15, 0.2) is 18.2 Å². The Labute approximate surface area is 106 Å². The maximum Gasteiger partial charge on any atom is 0.130 e. The van der Waals surface area contributed by atoms with Crippen molar-refractivity contribution in [2.24, 2.45) is 5.92 Å². The predicted octanol–water partition coefficient (Wildman–Crippen LogP) is 2.87. The fourth-order valence-corrected chi connectivity index (χ4v) is 2.46. The van der Waals surface area contributed by atoms with E-state index in [1.807, 2.05) is 0 Å². The monoisotopic (exact) mass is 255 g/mol. The van der Waals surface area contributed by atoms with Gasteiger partial charge in [0.05, 0.1) is 6.10 Å². The van der Waals surface area contributed by atoms with Crippen LogP contribution < -0.4 is 5.32 Å². The van der Waals surface area contributed by atoms with Crippen LogP contribution in [0.2, 0.25) is 0 Å². The third-order valence-corrected chi connectivity index (χ3v) is 3.52. The lowest BCUT2D eigenvalue weighted by molar-refractivity contribution is 0.0872. The molecule has 1 aliphatic heterocycles. The van der Waals surface area contributed by atoms with Crippen LogP contribution in [0.25, 0.3) is 0 Å². The molecule has 100 valence electrons. The number of ether oxygens (including phenoxy) is 1. The van der Waals surface area contributed by atoms with Gasteiger partial charge in [-0.2, -0.15) is 0 Å². The molecule has 1 N–H and O–H groups in total. The lowest BCUT2D eigenvalue weighted by Gasteiger charge is -2.17. The van der Waals surface area contributed by atoms with Gasteiger partial charge in [-0.3, -0.25) is 0 Å². The van der Waals surface area contributed by atoms with Gasteiger partial charge >= 0.3 is 0 Å². The predicted molar refractivity (Wildman–Crippen MR) is 66.2 cm³/mol. The summed E-state index contributed by atoms with van der Waals surface area (Å²) >= 11 is 0. The highest BCUT2D eigenvalue weighted by Gasteiger charge is 2.26. The Bertz CT molecular complexity index is 377.